The standard InChI is InChI=1S/C15H11N4O2S/c20-14-16-8-13-12(6-7-22-13)19(14)18-9-11(17-15(18)21)10-4-2-1-3-5-10/h1-7,9H,8H2,(H,17,21). The molecule has 109 valence electrons. The fraction of sp³-hybridized carbons (Fsp3) is 0.0667. The number of nitrogens with one attached hydrogen (secondary N) is 1. The van der Waals surface area contributed by atoms with Crippen molar-refractivity contribution in [2.24, 2.45) is 0 Å². The molecule has 22 heavy (non-hydrogen) atoms. The van der Waals surface area contributed by atoms with Crippen LogP contribution < -0.4 is 16.0 Å². The van der Waals surface area contributed by atoms with E-state index >= 15 is 0 Å². The van der Waals surface area contributed by atoms with Crippen molar-refractivity contribution in [2.45, 2.75) is 6.54 Å². The van der Waals surface area contributed by atoms with Crippen molar-refractivity contribution in [2.75, 3.05) is 5.01 Å². The first kappa shape index (κ1) is 12.9. The fourth-order valence-corrected chi connectivity index (χ4v) is 3.23. The number of benzene rings is 1. The number of H-pyrrole nitrogens is 1. The van der Waals surface area contributed by atoms with Crippen molar-refractivity contribution >= 4 is 23.1 Å². The van der Waals surface area contributed by atoms with Gasteiger partial charge in [-0.3, -0.25) is 0 Å². The van der Waals surface area contributed by atoms with Crippen LogP contribution in [0.5, 0.6) is 0 Å². The zero-order valence-corrected chi connectivity index (χ0v) is 12.2. The molecule has 1 radical (unpaired) electrons. The molecule has 0 spiro atoms. The summed E-state index contributed by atoms with van der Waals surface area (Å²) < 4.78 is 1.28. The molecule has 0 bridgehead atoms. The second-order valence-corrected chi connectivity index (χ2v) is 5.82. The second kappa shape index (κ2) is 4.88. The van der Waals surface area contributed by atoms with Crippen LogP contribution in [0.25, 0.3) is 11.3 Å². The maximum absolute atomic E-state index is 12.3. The highest BCUT2D eigenvalue weighted by Gasteiger charge is 2.29. The molecule has 0 unspecified atom stereocenters. The van der Waals surface area contributed by atoms with E-state index in [1.807, 2.05) is 41.8 Å². The van der Waals surface area contributed by atoms with Crippen LogP contribution in [0.3, 0.4) is 0 Å². The lowest BCUT2D eigenvalue weighted by molar-refractivity contribution is 0.241. The number of aromatic amines is 1. The molecule has 2 amide bonds. The number of imidazole rings is 1. The van der Waals surface area contributed by atoms with Gasteiger partial charge in [-0.05, 0) is 17.0 Å². The average Bonchev–Trinajstić information content (AvgIpc) is 3.15. The number of carbonyl (C=O) groups is 1. The van der Waals surface area contributed by atoms with Gasteiger partial charge in [-0.2, -0.15) is 9.69 Å². The van der Waals surface area contributed by atoms with Crippen molar-refractivity contribution in [3.63, 3.8) is 0 Å². The van der Waals surface area contributed by atoms with E-state index in [4.69, 9.17) is 0 Å². The summed E-state index contributed by atoms with van der Waals surface area (Å²) >= 11 is 1.52. The number of anilines is 1. The van der Waals surface area contributed by atoms with Gasteiger partial charge >= 0.3 is 11.7 Å². The van der Waals surface area contributed by atoms with E-state index in [0.717, 1.165) is 10.4 Å². The van der Waals surface area contributed by atoms with E-state index in [1.165, 1.54) is 21.0 Å². The van der Waals surface area contributed by atoms with Crippen LogP contribution in [0, 0.1) is 0 Å². The fourth-order valence-electron chi connectivity index (χ4n) is 2.46. The summed E-state index contributed by atoms with van der Waals surface area (Å²) in [6, 6.07) is 10.9. The highest BCUT2D eigenvalue weighted by molar-refractivity contribution is 7.10. The molecule has 2 aromatic heterocycles. The molecule has 1 aliphatic heterocycles. The van der Waals surface area contributed by atoms with Gasteiger partial charge in [0, 0.05) is 0 Å². The van der Waals surface area contributed by atoms with Gasteiger partial charge in [0.2, 0.25) is 0 Å². The quantitative estimate of drug-likeness (QED) is 0.789. The molecule has 1 aliphatic rings. The number of carbonyl (C=O) groups excluding carboxylic acids is 1. The Morgan fingerprint density at radius 2 is 1.95 bits per heavy atom. The number of hydrogen-bond acceptors (Lipinski definition) is 3. The lowest BCUT2D eigenvalue weighted by Gasteiger charge is -2.25. The van der Waals surface area contributed by atoms with E-state index < -0.39 is 6.03 Å². The largest absolute Gasteiger partial charge is 0.363 e. The molecule has 0 fully saturated rings. The summed E-state index contributed by atoms with van der Waals surface area (Å²) in [4.78, 5) is 28.2. The zero-order chi connectivity index (χ0) is 15.1. The summed E-state index contributed by atoms with van der Waals surface area (Å²) in [7, 11) is 0. The Kier molecular flexibility index (Phi) is 2.87. The Bertz CT molecular complexity index is 894. The second-order valence-electron chi connectivity index (χ2n) is 4.82. The van der Waals surface area contributed by atoms with Crippen LogP contribution in [0.1, 0.15) is 4.88 Å². The zero-order valence-electron chi connectivity index (χ0n) is 11.4. The van der Waals surface area contributed by atoms with Crippen LogP contribution in [0.4, 0.5) is 10.5 Å². The first-order valence-corrected chi connectivity index (χ1v) is 7.57. The molecule has 1 aromatic carbocycles. The van der Waals surface area contributed by atoms with Gasteiger partial charge in [-0.25, -0.2) is 14.9 Å². The van der Waals surface area contributed by atoms with E-state index in [1.54, 1.807) is 6.20 Å². The monoisotopic (exact) mass is 311 g/mol. The first-order valence-electron chi connectivity index (χ1n) is 6.69. The molecule has 0 atom stereocenters. The molecule has 0 saturated heterocycles. The van der Waals surface area contributed by atoms with Gasteiger partial charge in [0.15, 0.2) is 0 Å². The number of amides is 2. The van der Waals surface area contributed by atoms with E-state index in [-0.39, 0.29) is 5.69 Å². The lowest BCUT2D eigenvalue weighted by atomic mass is 10.2. The Balaban J connectivity index is 1.83. The van der Waals surface area contributed by atoms with Gasteiger partial charge in [0.25, 0.3) is 0 Å². The maximum atomic E-state index is 12.3. The van der Waals surface area contributed by atoms with Gasteiger partial charge in [-0.1, -0.05) is 30.3 Å². The van der Waals surface area contributed by atoms with Gasteiger partial charge in [0.05, 0.1) is 29.0 Å². The minimum Gasteiger partial charge on any atom is -0.304 e. The summed E-state index contributed by atoms with van der Waals surface area (Å²) in [5, 5.41) is 7.14. The van der Waals surface area contributed by atoms with Crippen LogP contribution in [-0.4, -0.2) is 15.7 Å². The van der Waals surface area contributed by atoms with E-state index in [2.05, 4.69) is 10.3 Å². The normalized spacial score (nSPS) is 13.8. The van der Waals surface area contributed by atoms with Crippen LogP contribution in [0.2, 0.25) is 0 Å². The third-order valence-corrected chi connectivity index (χ3v) is 4.39. The number of aromatic nitrogens is 2. The highest BCUT2D eigenvalue weighted by Crippen LogP contribution is 2.30. The van der Waals surface area contributed by atoms with Gasteiger partial charge in [0.1, 0.15) is 0 Å². The predicted octanol–water partition coefficient (Wildman–Crippen LogP) is 2.41. The molecule has 0 saturated carbocycles. The molecular formula is C15H11N4O2S. The summed E-state index contributed by atoms with van der Waals surface area (Å²) in [5.74, 6) is 0. The molecule has 7 heteroatoms. The van der Waals surface area contributed by atoms with Crippen molar-refractivity contribution in [1.82, 2.24) is 15.0 Å². The summed E-state index contributed by atoms with van der Waals surface area (Å²) in [5.41, 5.74) is 1.87. The Morgan fingerprint density at radius 1 is 1.14 bits per heavy atom. The van der Waals surface area contributed by atoms with Crippen molar-refractivity contribution in [3.05, 3.63) is 63.3 Å². The third-order valence-electron chi connectivity index (χ3n) is 3.49. The molecule has 1 N–H and O–H groups in total. The maximum Gasteiger partial charge on any atom is 0.363 e. The SMILES string of the molecule is O=C1[N]Cc2sccc2N1n1cc(-c2ccccc2)[nH]c1=O. The molecule has 3 aromatic rings. The number of urea groups is 1. The number of rotatable bonds is 2. The summed E-state index contributed by atoms with van der Waals surface area (Å²) in [6.07, 6.45) is 1.62. The van der Waals surface area contributed by atoms with E-state index in [0.29, 0.717) is 17.9 Å². The first-order chi connectivity index (χ1) is 10.7. The predicted molar refractivity (Wildman–Crippen MR) is 83.9 cm³/mol. The van der Waals surface area contributed by atoms with Crippen LogP contribution in [0.15, 0.2) is 52.8 Å². The van der Waals surface area contributed by atoms with Crippen LogP contribution >= 0.6 is 11.3 Å². The highest BCUT2D eigenvalue weighted by atomic mass is 32.1. The molecule has 0 aliphatic carbocycles. The Labute approximate surface area is 129 Å². The number of hydrogen-bond donors (Lipinski definition) is 1. The van der Waals surface area contributed by atoms with Crippen LogP contribution in [-0.2, 0) is 6.54 Å². The Hall–Kier alpha value is -2.80. The number of nitrogens with zero attached hydrogens (tertiary/aromatic N) is 3. The van der Waals surface area contributed by atoms with Gasteiger partial charge in [-0.15, -0.1) is 11.3 Å². The molecular weight excluding hydrogens is 300 g/mol. The molecule has 4 rings (SSSR count). The minimum absolute atomic E-state index is 0.368. The minimum atomic E-state index is -0.438. The molecule has 3 heterocycles. The number of thiophene rings is 1. The number of fused-ring (bicyclic) bond motifs is 1. The average molecular weight is 311 g/mol. The van der Waals surface area contributed by atoms with Crippen molar-refractivity contribution in [3.8, 4) is 11.3 Å². The third kappa shape index (κ3) is 1.94. The van der Waals surface area contributed by atoms with E-state index in [9.17, 15) is 9.59 Å². The van der Waals surface area contributed by atoms with Crippen molar-refractivity contribution < 1.29 is 4.79 Å². The lowest BCUT2D eigenvalue weighted by Crippen LogP contribution is -2.47. The van der Waals surface area contributed by atoms with Gasteiger partial charge < -0.3 is 4.98 Å². The summed E-state index contributed by atoms with van der Waals surface area (Å²) in [6.45, 7) is 0.368. The Morgan fingerprint density at radius 3 is 2.77 bits per heavy atom. The topological polar surface area (TPSA) is 72.2 Å². The van der Waals surface area contributed by atoms with Crippen molar-refractivity contribution in [1.29, 1.82) is 0 Å². The smallest absolute Gasteiger partial charge is 0.304 e. The molecule has 6 nitrogen and oxygen atoms in total.